The van der Waals surface area contributed by atoms with Gasteiger partial charge < -0.3 is 18.9 Å². The SMILES string of the molecule is CN(Cc1ccc2c(c1)OCCO2)C(=O)c1ccc(-n2ccnc2)cc1. The number of ether oxygens (including phenoxy) is 2. The molecule has 1 aliphatic heterocycles. The van der Waals surface area contributed by atoms with Crippen LogP contribution in [0.25, 0.3) is 5.69 Å². The van der Waals surface area contributed by atoms with Crippen molar-refractivity contribution in [3.05, 3.63) is 72.3 Å². The van der Waals surface area contributed by atoms with E-state index in [-0.39, 0.29) is 5.91 Å². The van der Waals surface area contributed by atoms with E-state index >= 15 is 0 Å². The zero-order valence-electron chi connectivity index (χ0n) is 14.5. The van der Waals surface area contributed by atoms with Gasteiger partial charge in [0.25, 0.3) is 5.91 Å². The van der Waals surface area contributed by atoms with Gasteiger partial charge in [0.1, 0.15) is 13.2 Å². The molecule has 3 aromatic rings. The predicted molar refractivity (Wildman–Crippen MR) is 96.8 cm³/mol. The largest absolute Gasteiger partial charge is 0.486 e. The van der Waals surface area contributed by atoms with Crippen molar-refractivity contribution in [1.29, 1.82) is 0 Å². The minimum Gasteiger partial charge on any atom is -0.486 e. The Morgan fingerprint density at radius 2 is 1.88 bits per heavy atom. The van der Waals surface area contributed by atoms with E-state index in [4.69, 9.17) is 9.47 Å². The summed E-state index contributed by atoms with van der Waals surface area (Å²) in [6.45, 7) is 1.62. The van der Waals surface area contributed by atoms with Crippen molar-refractivity contribution in [3.63, 3.8) is 0 Å². The van der Waals surface area contributed by atoms with Gasteiger partial charge in [-0.05, 0) is 42.0 Å². The number of benzene rings is 2. The third-order valence-electron chi connectivity index (χ3n) is 4.29. The Bertz CT molecular complexity index is 905. The fraction of sp³-hybridized carbons (Fsp3) is 0.200. The normalized spacial score (nSPS) is 12.7. The first kappa shape index (κ1) is 16.2. The fourth-order valence-electron chi connectivity index (χ4n) is 2.94. The number of carbonyl (C=O) groups is 1. The molecule has 0 saturated carbocycles. The summed E-state index contributed by atoms with van der Waals surface area (Å²) in [5, 5.41) is 0. The molecule has 0 radical (unpaired) electrons. The summed E-state index contributed by atoms with van der Waals surface area (Å²) in [5.41, 5.74) is 2.61. The molecule has 2 heterocycles. The maximum Gasteiger partial charge on any atom is 0.253 e. The highest BCUT2D eigenvalue weighted by Crippen LogP contribution is 2.31. The number of imidazole rings is 1. The number of hydrogen-bond acceptors (Lipinski definition) is 4. The van der Waals surface area contributed by atoms with Gasteiger partial charge in [-0.2, -0.15) is 0 Å². The highest BCUT2D eigenvalue weighted by atomic mass is 16.6. The Morgan fingerprint density at radius 1 is 1.12 bits per heavy atom. The fourth-order valence-corrected chi connectivity index (χ4v) is 2.94. The molecule has 0 atom stereocenters. The van der Waals surface area contributed by atoms with Crippen molar-refractivity contribution in [3.8, 4) is 17.2 Å². The molecule has 0 fully saturated rings. The topological polar surface area (TPSA) is 56.6 Å². The van der Waals surface area contributed by atoms with Crippen molar-refractivity contribution in [1.82, 2.24) is 14.5 Å². The van der Waals surface area contributed by atoms with Crippen LogP contribution in [0.1, 0.15) is 15.9 Å². The molecule has 1 aromatic heterocycles. The molecule has 0 N–H and O–H groups in total. The van der Waals surface area contributed by atoms with E-state index in [9.17, 15) is 4.79 Å². The lowest BCUT2D eigenvalue weighted by Gasteiger charge is -2.21. The summed E-state index contributed by atoms with van der Waals surface area (Å²) in [7, 11) is 1.79. The smallest absolute Gasteiger partial charge is 0.253 e. The molecule has 6 heteroatoms. The van der Waals surface area contributed by atoms with Crippen LogP contribution in [0, 0.1) is 0 Å². The van der Waals surface area contributed by atoms with Crippen LogP contribution in [-0.2, 0) is 6.54 Å². The Balaban J connectivity index is 1.46. The van der Waals surface area contributed by atoms with Gasteiger partial charge in [-0.25, -0.2) is 4.98 Å². The van der Waals surface area contributed by atoms with Crippen molar-refractivity contribution >= 4 is 5.91 Å². The van der Waals surface area contributed by atoms with Gasteiger partial charge in [-0.15, -0.1) is 0 Å². The molecule has 0 spiro atoms. The molecular weight excluding hydrogens is 330 g/mol. The van der Waals surface area contributed by atoms with Crippen LogP contribution >= 0.6 is 0 Å². The Kier molecular flexibility index (Phi) is 4.31. The molecule has 0 unspecified atom stereocenters. The number of carbonyl (C=O) groups excluding carboxylic acids is 1. The van der Waals surface area contributed by atoms with Crippen molar-refractivity contribution < 1.29 is 14.3 Å². The first-order chi connectivity index (χ1) is 12.7. The quantitative estimate of drug-likeness (QED) is 0.727. The lowest BCUT2D eigenvalue weighted by molar-refractivity contribution is 0.0785. The third kappa shape index (κ3) is 3.26. The van der Waals surface area contributed by atoms with Crippen molar-refractivity contribution in [2.24, 2.45) is 0 Å². The highest BCUT2D eigenvalue weighted by molar-refractivity contribution is 5.94. The van der Waals surface area contributed by atoms with Crippen LogP contribution in [0.5, 0.6) is 11.5 Å². The van der Waals surface area contributed by atoms with E-state index in [1.807, 2.05) is 53.2 Å². The maximum absolute atomic E-state index is 12.7. The Hall–Kier alpha value is -3.28. The minimum absolute atomic E-state index is 0.0305. The summed E-state index contributed by atoms with van der Waals surface area (Å²) < 4.78 is 13.0. The molecule has 2 aromatic carbocycles. The van der Waals surface area contributed by atoms with Gasteiger partial charge in [-0.1, -0.05) is 6.07 Å². The van der Waals surface area contributed by atoms with Crippen LogP contribution in [-0.4, -0.2) is 40.6 Å². The second kappa shape index (κ2) is 6.92. The Morgan fingerprint density at radius 3 is 2.62 bits per heavy atom. The Labute approximate surface area is 151 Å². The molecule has 0 saturated heterocycles. The zero-order valence-corrected chi connectivity index (χ0v) is 14.5. The second-order valence-corrected chi connectivity index (χ2v) is 6.16. The first-order valence-electron chi connectivity index (χ1n) is 8.43. The highest BCUT2D eigenvalue weighted by Gasteiger charge is 2.15. The first-order valence-corrected chi connectivity index (χ1v) is 8.43. The average Bonchev–Trinajstić information content (AvgIpc) is 3.22. The number of nitrogens with zero attached hydrogens (tertiary/aromatic N) is 3. The van der Waals surface area contributed by atoms with Gasteiger partial charge in [0.2, 0.25) is 0 Å². The maximum atomic E-state index is 12.7. The lowest BCUT2D eigenvalue weighted by Crippen LogP contribution is -2.26. The monoisotopic (exact) mass is 349 g/mol. The van der Waals surface area contributed by atoms with Gasteiger partial charge in [0.05, 0.1) is 6.33 Å². The minimum atomic E-state index is -0.0305. The molecule has 1 aliphatic rings. The molecule has 6 nitrogen and oxygen atoms in total. The number of hydrogen-bond donors (Lipinski definition) is 0. The molecule has 0 bridgehead atoms. The summed E-state index contributed by atoms with van der Waals surface area (Å²) >= 11 is 0. The van der Waals surface area contributed by atoms with Crippen LogP contribution in [0.2, 0.25) is 0 Å². The molecule has 26 heavy (non-hydrogen) atoms. The number of fused-ring (bicyclic) bond motifs is 1. The molecule has 1 amide bonds. The van der Waals surface area contributed by atoms with E-state index in [2.05, 4.69) is 4.98 Å². The average molecular weight is 349 g/mol. The van der Waals surface area contributed by atoms with Crippen LogP contribution in [0.15, 0.2) is 61.2 Å². The lowest BCUT2D eigenvalue weighted by atomic mass is 10.1. The van der Waals surface area contributed by atoms with E-state index in [0.717, 1.165) is 22.7 Å². The zero-order chi connectivity index (χ0) is 17.9. The van der Waals surface area contributed by atoms with Gasteiger partial charge in [-0.3, -0.25) is 4.79 Å². The van der Waals surface area contributed by atoms with Crippen LogP contribution in [0.3, 0.4) is 0 Å². The number of amides is 1. The second-order valence-electron chi connectivity index (χ2n) is 6.16. The molecule has 4 rings (SSSR count). The van der Waals surface area contributed by atoms with Crippen LogP contribution in [0.4, 0.5) is 0 Å². The van der Waals surface area contributed by atoms with Crippen molar-refractivity contribution in [2.45, 2.75) is 6.54 Å². The van der Waals surface area contributed by atoms with Crippen LogP contribution < -0.4 is 9.47 Å². The van der Waals surface area contributed by atoms with Gasteiger partial charge >= 0.3 is 0 Å². The number of aromatic nitrogens is 2. The number of rotatable bonds is 4. The molecule has 0 aliphatic carbocycles. The third-order valence-corrected chi connectivity index (χ3v) is 4.29. The van der Waals surface area contributed by atoms with E-state index < -0.39 is 0 Å². The standard InChI is InChI=1S/C20H19N3O3/c1-22(13-15-2-7-18-19(12-15)26-11-10-25-18)20(24)16-3-5-17(6-4-16)23-9-8-21-14-23/h2-9,12,14H,10-11,13H2,1H3. The summed E-state index contributed by atoms with van der Waals surface area (Å²) in [5.74, 6) is 1.46. The summed E-state index contributed by atoms with van der Waals surface area (Å²) in [6.07, 6.45) is 5.32. The van der Waals surface area contributed by atoms with E-state index in [1.165, 1.54) is 0 Å². The van der Waals surface area contributed by atoms with E-state index in [0.29, 0.717) is 25.3 Å². The molecular formula is C20H19N3O3. The molecule has 132 valence electrons. The predicted octanol–water partition coefficient (Wildman–Crippen LogP) is 2.92. The van der Waals surface area contributed by atoms with Gasteiger partial charge in [0.15, 0.2) is 11.5 Å². The van der Waals surface area contributed by atoms with E-state index in [1.54, 1.807) is 24.5 Å². The van der Waals surface area contributed by atoms with Crippen molar-refractivity contribution in [2.75, 3.05) is 20.3 Å². The summed E-state index contributed by atoms with van der Waals surface area (Å²) in [4.78, 5) is 18.4. The van der Waals surface area contributed by atoms with Gasteiger partial charge in [0, 0.05) is 37.2 Å². The summed E-state index contributed by atoms with van der Waals surface area (Å²) in [6, 6.07) is 13.3.